The molecule has 0 saturated carbocycles. The zero-order valence-electron chi connectivity index (χ0n) is 22.9. The number of benzene rings is 2. The van der Waals surface area contributed by atoms with Crippen molar-refractivity contribution in [1.82, 2.24) is 10.4 Å². The van der Waals surface area contributed by atoms with Crippen LogP contribution in [0.15, 0.2) is 42.5 Å². The van der Waals surface area contributed by atoms with E-state index < -0.39 is 18.0 Å². The molecule has 2 aliphatic rings. The minimum Gasteiger partial charge on any atom is -0.442 e. The van der Waals surface area contributed by atoms with Gasteiger partial charge in [-0.05, 0) is 42.8 Å². The number of amides is 2. The molecule has 11 heteroatoms. The van der Waals surface area contributed by atoms with Crippen molar-refractivity contribution in [3.05, 3.63) is 53.8 Å². The van der Waals surface area contributed by atoms with Crippen LogP contribution in [0, 0.1) is 5.82 Å². The Morgan fingerprint density at radius 3 is 2.49 bits per heavy atom. The molecule has 2 aromatic rings. The van der Waals surface area contributed by atoms with Crippen LogP contribution in [0.1, 0.15) is 19.4 Å². The molecule has 0 bridgehead atoms. The third-order valence-electron chi connectivity index (χ3n) is 6.97. The van der Waals surface area contributed by atoms with Gasteiger partial charge >= 0.3 is 6.09 Å². The summed E-state index contributed by atoms with van der Waals surface area (Å²) in [7, 11) is 1.64. The van der Waals surface area contributed by atoms with Crippen LogP contribution in [-0.4, -0.2) is 89.3 Å². The molecule has 0 unspecified atom stereocenters. The molecule has 0 aromatic heterocycles. The highest BCUT2D eigenvalue weighted by atomic mass is 19.1. The molecule has 1 N–H and O–H groups in total. The van der Waals surface area contributed by atoms with Crippen molar-refractivity contribution in [1.29, 1.82) is 0 Å². The Hall–Kier alpha value is -3.41. The first-order valence-corrected chi connectivity index (χ1v) is 13.4. The van der Waals surface area contributed by atoms with Crippen LogP contribution < -0.4 is 20.0 Å². The van der Waals surface area contributed by atoms with Gasteiger partial charge in [0.2, 0.25) is 5.91 Å². The largest absolute Gasteiger partial charge is 0.442 e. The average Bonchev–Trinajstić information content (AvgIpc) is 3.33. The fourth-order valence-electron chi connectivity index (χ4n) is 4.77. The molecule has 2 aromatic carbocycles. The fraction of sp³-hybridized carbons (Fsp3) is 0.500. The van der Waals surface area contributed by atoms with Crippen LogP contribution in [0.25, 0.3) is 0 Å². The number of morpholine rings is 1. The van der Waals surface area contributed by atoms with Gasteiger partial charge in [0.05, 0.1) is 44.8 Å². The molecule has 2 heterocycles. The summed E-state index contributed by atoms with van der Waals surface area (Å²) < 4.78 is 26.0. The molecular weight excluding hydrogens is 505 g/mol. The standard InChI is InChI=1S/C28H38FN5O5/c1-4-31(11-12-33(37-3)19-22-5-7-23(8-6-22)32-13-15-38-16-14-32)27-10-9-24(17-26(27)29)34-20-25(39-28(34)36)18-30-21(2)35/h5-10,17,25H,4,11-16,18-20H2,1-3H3,(H,30,35)/t25-/m0/s1. The molecule has 2 fully saturated rings. The van der Waals surface area contributed by atoms with E-state index in [-0.39, 0.29) is 19.0 Å². The quantitative estimate of drug-likeness (QED) is 0.409. The molecular formula is C28H38FN5O5. The Morgan fingerprint density at radius 2 is 1.85 bits per heavy atom. The van der Waals surface area contributed by atoms with Crippen molar-refractivity contribution in [3.8, 4) is 0 Å². The topological polar surface area (TPSA) is 86.8 Å². The summed E-state index contributed by atoms with van der Waals surface area (Å²) in [6.07, 6.45) is -1.04. The highest BCUT2D eigenvalue weighted by molar-refractivity contribution is 5.90. The number of carbonyl (C=O) groups is 2. The van der Waals surface area contributed by atoms with E-state index in [4.69, 9.17) is 14.3 Å². The molecule has 0 spiro atoms. The Balaban J connectivity index is 1.33. The van der Waals surface area contributed by atoms with Gasteiger partial charge in [0.15, 0.2) is 0 Å². The fourth-order valence-corrected chi connectivity index (χ4v) is 4.77. The number of hydrogen-bond donors (Lipinski definition) is 1. The Morgan fingerprint density at radius 1 is 1.13 bits per heavy atom. The maximum Gasteiger partial charge on any atom is 0.414 e. The summed E-state index contributed by atoms with van der Waals surface area (Å²) in [6, 6.07) is 13.2. The van der Waals surface area contributed by atoms with Gasteiger partial charge in [-0.15, -0.1) is 0 Å². The highest BCUT2D eigenvalue weighted by Crippen LogP contribution is 2.28. The first-order chi connectivity index (χ1) is 18.9. The van der Waals surface area contributed by atoms with Gasteiger partial charge in [0, 0.05) is 51.9 Å². The van der Waals surface area contributed by atoms with Gasteiger partial charge in [-0.1, -0.05) is 12.1 Å². The number of rotatable bonds is 12. The molecule has 4 rings (SSSR count). The Kier molecular flexibility index (Phi) is 9.96. The van der Waals surface area contributed by atoms with Gasteiger partial charge in [0.25, 0.3) is 0 Å². The lowest BCUT2D eigenvalue weighted by atomic mass is 10.2. The summed E-state index contributed by atoms with van der Waals surface area (Å²) in [5.74, 6) is -0.622. The number of cyclic esters (lactones) is 1. The molecule has 1 atom stereocenters. The van der Waals surface area contributed by atoms with E-state index in [1.807, 2.05) is 16.9 Å². The van der Waals surface area contributed by atoms with Crippen molar-refractivity contribution in [3.63, 3.8) is 0 Å². The second-order valence-corrected chi connectivity index (χ2v) is 9.58. The van der Waals surface area contributed by atoms with Crippen molar-refractivity contribution in [2.24, 2.45) is 0 Å². The first kappa shape index (κ1) is 28.6. The van der Waals surface area contributed by atoms with Crippen molar-refractivity contribution < 1.29 is 28.3 Å². The van der Waals surface area contributed by atoms with E-state index in [2.05, 4.69) is 34.5 Å². The molecule has 2 aliphatic heterocycles. The van der Waals surface area contributed by atoms with Crippen molar-refractivity contribution >= 4 is 29.1 Å². The predicted octanol–water partition coefficient (Wildman–Crippen LogP) is 3.01. The summed E-state index contributed by atoms with van der Waals surface area (Å²) in [4.78, 5) is 34.7. The summed E-state index contributed by atoms with van der Waals surface area (Å²) >= 11 is 0. The number of hydrogen-bond acceptors (Lipinski definition) is 8. The zero-order valence-corrected chi connectivity index (χ0v) is 22.9. The van der Waals surface area contributed by atoms with E-state index in [1.54, 1.807) is 19.2 Å². The highest BCUT2D eigenvalue weighted by Gasteiger charge is 2.33. The van der Waals surface area contributed by atoms with Gasteiger partial charge < -0.3 is 29.4 Å². The number of nitrogens with one attached hydrogen (secondary N) is 1. The lowest BCUT2D eigenvalue weighted by Gasteiger charge is -2.29. The smallest absolute Gasteiger partial charge is 0.414 e. The monoisotopic (exact) mass is 543 g/mol. The van der Waals surface area contributed by atoms with Gasteiger partial charge in [0.1, 0.15) is 11.9 Å². The van der Waals surface area contributed by atoms with Crippen LogP contribution in [0.4, 0.5) is 26.2 Å². The second kappa shape index (κ2) is 13.6. The molecule has 2 saturated heterocycles. The predicted molar refractivity (Wildman–Crippen MR) is 147 cm³/mol. The van der Waals surface area contributed by atoms with E-state index in [0.29, 0.717) is 37.6 Å². The summed E-state index contributed by atoms with van der Waals surface area (Å²) in [6.45, 7) is 9.46. The van der Waals surface area contributed by atoms with E-state index in [0.717, 1.165) is 31.9 Å². The minimum absolute atomic E-state index is 0.201. The lowest BCUT2D eigenvalue weighted by Crippen LogP contribution is -2.36. The van der Waals surface area contributed by atoms with Crippen molar-refractivity contribution in [2.45, 2.75) is 26.5 Å². The van der Waals surface area contributed by atoms with Crippen molar-refractivity contribution in [2.75, 3.05) is 80.8 Å². The summed E-state index contributed by atoms with van der Waals surface area (Å²) in [5, 5.41) is 4.49. The number of likely N-dealkylation sites (N-methyl/N-ethyl adjacent to an activating group) is 1. The average molecular weight is 544 g/mol. The minimum atomic E-state index is -0.557. The van der Waals surface area contributed by atoms with E-state index in [9.17, 15) is 9.59 Å². The van der Waals surface area contributed by atoms with Gasteiger partial charge in [-0.3, -0.25) is 9.69 Å². The number of nitrogens with zero attached hydrogens (tertiary/aromatic N) is 4. The zero-order chi connectivity index (χ0) is 27.8. The third-order valence-corrected chi connectivity index (χ3v) is 6.97. The number of ether oxygens (including phenoxy) is 2. The van der Waals surface area contributed by atoms with Crippen LogP contribution in [-0.2, 0) is 25.7 Å². The summed E-state index contributed by atoms with van der Waals surface area (Å²) in [5.41, 5.74) is 3.19. The van der Waals surface area contributed by atoms with Gasteiger partial charge in [-0.25, -0.2) is 9.18 Å². The first-order valence-electron chi connectivity index (χ1n) is 13.4. The normalized spacial score (nSPS) is 17.5. The number of halogens is 1. The molecule has 0 radical (unpaired) electrons. The van der Waals surface area contributed by atoms with Crippen LogP contribution in [0.2, 0.25) is 0 Å². The molecule has 212 valence electrons. The number of carbonyl (C=O) groups excluding carboxylic acids is 2. The van der Waals surface area contributed by atoms with Gasteiger partial charge in [-0.2, -0.15) is 5.06 Å². The Labute approximate surface area is 229 Å². The van der Waals surface area contributed by atoms with Crippen LogP contribution >= 0.6 is 0 Å². The molecule has 10 nitrogen and oxygen atoms in total. The number of anilines is 3. The maximum atomic E-state index is 15.2. The SMILES string of the molecule is CCN(CCN(Cc1ccc(N2CCOCC2)cc1)OC)c1ccc(N2C[C@H](CNC(C)=O)OC2=O)cc1F. The Bertz CT molecular complexity index is 1110. The number of hydroxylamine groups is 2. The maximum absolute atomic E-state index is 15.2. The lowest BCUT2D eigenvalue weighted by molar-refractivity contribution is -0.136. The van der Waals surface area contributed by atoms with E-state index in [1.165, 1.54) is 23.6 Å². The molecule has 2 amide bonds. The third kappa shape index (κ3) is 7.59. The molecule has 39 heavy (non-hydrogen) atoms. The van der Waals surface area contributed by atoms with Crippen LogP contribution in [0.5, 0.6) is 0 Å². The molecule has 0 aliphatic carbocycles. The van der Waals surface area contributed by atoms with Crippen LogP contribution in [0.3, 0.4) is 0 Å². The van der Waals surface area contributed by atoms with E-state index >= 15 is 4.39 Å². The second-order valence-electron chi connectivity index (χ2n) is 9.58.